The Balaban J connectivity index is 1.86. The first-order valence-corrected chi connectivity index (χ1v) is 5.97. The van der Waals surface area contributed by atoms with Crippen molar-refractivity contribution in [2.45, 2.75) is 25.1 Å². The number of carbonyl (C=O) groups excluding carboxylic acids is 1. The van der Waals surface area contributed by atoms with Gasteiger partial charge in [-0.2, -0.15) is 18.3 Å². The first kappa shape index (κ1) is 13.9. The lowest BCUT2D eigenvalue weighted by molar-refractivity contribution is -0.180. The monoisotopic (exact) mass is 276 g/mol. The van der Waals surface area contributed by atoms with Gasteiger partial charge >= 0.3 is 6.18 Å². The van der Waals surface area contributed by atoms with Crippen molar-refractivity contribution in [1.82, 2.24) is 15.1 Å². The standard InChI is InChI=1S/C11H15F3N4O/c1-18-5-4-9(17-18)16-10(19)8-3-2-7(6-15-8)11(12,13)14/h4-5,7-8,15H,2-3,6H2,1H3,(H,16,17,19). The van der Waals surface area contributed by atoms with Crippen LogP contribution in [0.4, 0.5) is 19.0 Å². The minimum atomic E-state index is -4.20. The summed E-state index contributed by atoms with van der Waals surface area (Å²) in [6.45, 7) is -0.218. The summed E-state index contributed by atoms with van der Waals surface area (Å²) in [5.74, 6) is -1.32. The van der Waals surface area contributed by atoms with Crippen molar-refractivity contribution >= 4 is 11.7 Å². The molecule has 106 valence electrons. The Morgan fingerprint density at radius 3 is 2.74 bits per heavy atom. The number of hydrogen-bond acceptors (Lipinski definition) is 3. The van der Waals surface area contributed by atoms with Crippen molar-refractivity contribution in [1.29, 1.82) is 0 Å². The minimum absolute atomic E-state index is 0.0309. The molecule has 5 nitrogen and oxygen atoms in total. The number of halogens is 3. The first-order valence-electron chi connectivity index (χ1n) is 5.97. The molecule has 2 heterocycles. The molecular weight excluding hydrogens is 261 g/mol. The Kier molecular flexibility index (Phi) is 3.79. The molecule has 1 aromatic heterocycles. The van der Waals surface area contributed by atoms with Gasteiger partial charge in [0.1, 0.15) is 0 Å². The van der Waals surface area contributed by atoms with Crippen molar-refractivity contribution in [2.75, 3.05) is 11.9 Å². The van der Waals surface area contributed by atoms with Crippen LogP contribution in [0.1, 0.15) is 12.8 Å². The number of alkyl halides is 3. The number of rotatable bonds is 2. The van der Waals surface area contributed by atoms with Gasteiger partial charge in [-0.1, -0.05) is 0 Å². The van der Waals surface area contributed by atoms with Crippen LogP contribution >= 0.6 is 0 Å². The molecule has 0 aliphatic carbocycles. The molecule has 1 fully saturated rings. The summed E-state index contributed by atoms with van der Waals surface area (Å²) in [6, 6.07) is 1.03. The molecule has 2 unspecified atom stereocenters. The van der Waals surface area contributed by atoms with E-state index in [0.717, 1.165) is 0 Å². The highest BCUT2D eigenvalue weighted by atomic mass is 19.4. The maximum Gasteiger partial charge on any atom is 0.393 e. The van der Waals surface area contributed by atoms with Crippen molar-refractivity contribution in [3.63, 3.8) is 0 Å². The quantitative estimate of drug-likeness (QED) is 0.855. The highest BCUT2D eigenvalue weighted by Crippen LogP contribution is 2.32. The number of aryl methyl sites for hydroxylation is 1. The SMILES string of the molecule is Cn1ccc(NC(=O)C2CCC(C(F)(F)F)CN2)n1. The second-order valence-electron chi connectivity index (χ2n) is 4.64. The third kappa shape index (κ3) is 3.46. The van der Waals surface area contributed by atoms with E-state index in [9.17, 15) is 18.0 Å². The number of nitrogens with zero attached hydrogens (tertiary/aromatic N) is 2. The van der Waals surface area contributed by atoms with Crippen LogP contribution in [0.2, 0.25) is 0 Å². The second kappa shape index (κ2) is 5.20. The number of anilines is 1. The Bertz CT molecular complexity index is 449. The fourth-order valence-corrected chi connectivity index (χ4v) is 2.05. The number of piperidine rings is 1. The fourth-order valence-electron chi connectivity index (χ4n) is 2.05. The van der Waals surface area contributed by atoms with Crippen LogP contribution in [0.15, 0.2) is 12.3 Å². The van der Waals surface area contributed by atoms with Crippen molar-refractivity contribution in [2.24, 2.45) is 13.0 Å². The molecule has 1 aliphatic heterocycles. The number of nitrogens with one attached hydrogen (secondary N) is 2. The van der Waals surface area contributed by atoms with Gasteiger partial charge in [-0.25, -0.2) is 0 Å². The fraction of sp³-hybridized carbons (Fsp3) is 0.636. The van der Waals surface area contributed by atoms with E-state index in [2.05, 4.69) is 15.7 Å². The van der Waals surface area contributed by atoms with E-state index in [1.807, 2.05) is 0 Å². The molecule has 0 aromatic carbocycles. The molecule has 0 bridgehead atoms. The summed E-state index contributed by atoms with van der Waals surface area (Å²) < 4.78 is 38.9. The Labute approximate surface area is 108 Å². The molecule has 8 heteroatoms. The minimum Gasteiger partial charge on any atom is -0.308 e. The third-order valence-corrected chi connectivity index (χ3v) is 3.16. The molecule has 1 aromatic rings. The zero-order valence-electron chi connectivity index (χ0n) is 10.4. The summed E-state index contributed by atoms with van der Waals surface area (Å²) >= 11 is 0. The molecule has 2 N–H and O–H groups in total. The van der Waals surface area contributed by atoms with E-state index in [4.69, 9.17) is 0 Å². The molecule has 19 heavy (non-hydrogen) atoms. The number of aromatic nitrogens is 2. The maximum atomic E-state index is 12.5. The Morgan fingerprint density at radius 1 is 1.53 bits per heavy atom. The lowest BCUT2D eigenvalue weighted by atomic mass is 9.94. The number of hydrogen-bond donors (Lipinski definition) is 2. The molecule has 0 radical (unpaired) electrons. The first-order chi connectivity index (χ1) is 8.86. The largest absolute Gasteiger partial charge is 0.393 e. The average Bonchev–Trinajstić information content (AvgIpc) is 2.74. The highest BCUT2D eigenvalue weighted by Gasteiger charge is 2.42. The van der Waals surface area contributed by atoms with Gasteiger partial charge in [0.15, 0.2) is 5.82 Å². The van der Waals surface area contributed by atoms with Crippen LogP contribution in [-0.4, -0.2) is 34.5 Å². The van der Waals surface area contributed by atoms with Crippen LogP contribution in [0.5, 0.6) is 0 Å². The molecule has 1 saturated heterocycles. The Morgan fingerprint density at radius 2 is 2.26 bits per heavy atom. The zero-order chi connectivity index (χ0) is 14.0. The summed E-state index contributed by atoms with van der Waals surface area (Å²) in [7, 11) is 1.71. The third-order valence-electron chi connectivity index (χ3n) is 3.16. The van der Waals surface area contributed by atoms with E-state index in [1.165, 1.54) is 4.68 Å². The van der Waals surface area contributed by atoms with Crippen LogP contribution in [0, 0.1) is 5.92 Å². The van der Waals surface area contributed by atoms with E-state index in [0.29, 0.717) is 5.82 Å². The van der Waals surface area contributed by atoms with Gasteiger partial charge in [0.2, 0.25) is 5.91 Å². The molecule has 0 saturated carbocycles. The van der Waals surface area contributed by atoms with Gasteiger partial charge in [0, 0.05) is 25.9 Å². The smallest absolute Gasteiger partial charge is 0.308 e. The van der Waals surface area contributed by atoms with E-state index in [-0.39, 0.29) is 25.3 Å². The summed E-state index contributed by atoms with van der Waals surface area (Å²) in [5.41, 5.74) is 0. The Hall–Kier alpha value is -1.57. The van der Waals surface area contributed by atoms with Crippen LogP contribution in [-0.2, 0) is 11.8 Å². The summed E-state index contributed by atoms with van der Waals surface area (Å²) in [5, 5.41) is 9.18. The highest BCUT2D eigenvalue weighted by molar-refractivity contribution is 5.94. The van der Waals surface area contributed by atoms with Gasteiger partial charge < -0.3 is 10.6 Å². The average molecular weight is 276 g/mol. The molecule has 0 spiro atoms. The number of amides is 1. The van der Waals surface area contributed by atoms with Crippen LogP contribution < -0.4 is 10.6 Å². The van der Waals surface area contributed by atoms with Gasteiger partial charge in [0.25, 0.3) is 0 Å². The number of carbonyl (C=O) groups is 1. The maximum absolute atomic E-state index is 12.5. The molecule has 2 rings (SSSR count). The van der Waals surface area contributed by atoms with Crippen LogP contribution in [0.25, 0.3) is 0 Å². The topological polar surface area (TPSA) is 59.0 Å². The predicted octanol–water partition coefficient (Wildman–Crippen LogP) is 1.29. The lowest BCUT2D eigenvalue weighted by Gasteiger charge is -2.30. The van der Waals surface area contributed by atoms with E-state index >= 15 is 0 Å². The van der Waals surface area contributed by atoms with Gasteiger partial charge in [-0.15, -0.1) is 0 Å². The predicted molar refractivity (Wildman–Crippen MR) is 62.4 cm³/mol. The van der Waals surface area contributed by atoms with E-state index < -0.39 is 18.1 Å². The summed E-state index contributed by atoms with van der Waals surface area (Å²) in [6.07, 6.45) is -2.39. The summed E-state index contributed by atoms with van der Waals surface area (Å²) in [4.78, 5) is 11.8. The molecule has 1 amide bonds. The van der Waals surface area contributed by atoms with Gasteiger partial charge in [0.05, 0.1) is 12.0 Å². The van der Waals surface area contributed by atoms with Crippen molar-refractivity contribution in [3.8, 4) is 0 Å². The van der Waals surface area contributed by atoms with Crippen molar-refractivity contribution in [3.05, 3.63) is 12.3 Å². The second-order valence-corrected chi connectivity index (χ2v) is 4.64. The van der Waals surface area contributed by atoms with Gasteiger partial charge in [-0.3, -0.25) is 9.48 Å². The van der Waals surface area contributed by atoms with E-state index in [1.54, 1.807) is 19.3 Å². The zero-order valence-corrected chi connectivity index (χ0v) is 10.4. The van der Waals surface area contributed by atoms with Gasteiger partial charge in [-0.05, 0) is 12.8 Å². The lowest BCUT2D eigenvalue weighted by Crippen LogP contribution is -2.49. The molecule has 1 aliphatic rings. The normalized spacial score (nSPS) is 24.2. The van der Waals surface area contributed by atoms with Crippen molar-refractivity contribution < 1.29 is 18.0 Å². The molecular formula is C11H15F3N4O. The molecule has 2 atom stereocenters. The van der Waals surface area contributed by atoms with Crippen LogP contribution in [0.3, 0.4) is 0 Å².